The molecule has 0 bridgehead atoms. The van der Waals surface area contributed by atoms with Gasteiger partial charge in [0.25, 0.3) is 0 Å². The van der Waals surface area contributed by atoms with Gasteiger partial charge < -0.3 is 5.11 Å². The van der Waals surface area contributed by atoms with Crippen molar-refractivity contribution in [1.29, 1.82) is 0 Å². The normalized spacial score (nSPS) is 11.1. The number of aromatic hydroxyl groups is 1. The number of nitrogens with zero attached hydrogens (tertiary/aromatic N) is 5. The van der Waals surface area contributed by atoms with Crippen LogP contribution in [0.25, 0.3) is 11.0 Å². The van der Waals surface area contributed by atoms with E-state index in [9.17, 15) is 20.0 Å². The Kier molecular flexibility index (Phi) is 5.41. The molecular weight excluding hydrogens is 420 g/mol. The Balaban J connectivity index is 1.62. The lowest BCUT2D eigenvalue weighted by Gasteiger charge is -2.03. The van der Waals surface area contributed by atoms with E-state index in [1.165, 1.54) is 12.1 Å². The molecule has 0 spiro atoms. The number of amides is 1. The fourth-order valence-electron chi connectivity index (χ4n) is 2.36. The minimum atomic E-state index is -0.710. The van der Waals surface area contributed by atoms with E-state index in [1.807, 2.05) is 24.3 Å². The average Bonchev–Trinajstić information content (AvgIpc) is 3.05. The molecule has 1 amide bonds. The van der Waals surface area contributed by atoms with E-state index in [0.717, 1.165) is 17.2 Å². The highest BCUT2D eigenvalue weighted by Gasteiger charge is 2.17. The molecule has 0 saturated carbocycles. The van der Waals surface area contributed by atoms with Gasteiger partial charge in [-0.05, 0) is 18.2 Å². The molecule has 11 heteroatoms. The van der Waals surface area contributed by atoms with Crippen molar-refractivity contribution < 1.29 is 14.8 Å². The van der Waals surface area contributed by atoms with E-state index in [0.29, 0.717) is 11.0 Å². The number of halogens is 1. The van der Waals surface area contributed by atoms with Crippen LogP contribution in [0.15, 0.2) is 46.0 Å². The molecule has 0 aliphatic rings. The Hall–Kier alpha value is -3.34. The van der Waals surface area contributed by atoms with Crippen molar-refractivity contribution in [1.82, 2.24) is 20.4 Å². The maximum absolute atomic E-state index is 11.9. The quantitative estimate of drug-likeness (QED) is 0.348. The number of aryl methyl sites for hydroxylation is 1. The topological polar surface area (TPSA) is 136 Å². The van der Waals surface area contributed by atoms with Crippen molar-refractivity contribution in [2.45, 2.75) is 13.0 Å². The number of nitro groups is 1. The first-order chi connectivity index (χ1) is 13.0. The van der Waals surface area contributed by atoms with Crippen LogP contribution in [0.1, 0.15) is 12.0 Å². The SMILES string of the molecule is O=C(CCn1nnc2ccccc21)NN=Cc1cc(Br)cc([N+](=O)[O-])c1O. The number of carbonyl (C=O) groups is 1. The smallest absolute Gasteiger partial charge is 0.312 e. The molecule has 0 atom stereocenters. The van der Waals surface area contributed by atoms with E-state index >= 15 is 0 Å². The first kappa shape index (κ1) is 18.5. The number of phenols is 1. The molecule has 1 aromatic heterocycles. The number of nitrogens with one attached hydrogen (secondary N) is 1. The maximum Gasteiger partial charge on any atom is 0.312 e. The van der Waals surface area contributed by atoms with Gasteiger partial charge in [-0.3, -0.25) is 14.9 Å². The second-order valence-corrected chi connectivity index (χ2v) is 6.38. The largest absolute Gasteiger partial charge is 0.502 e. The Morgan fingerprint density at radius 3 is 2.96 bits per heavy atom. The van der Waals surface area contributed by atoms with Crippen molar-refractivity contribution in [3.63, 3.8) is 0 Å². The second-order valence-electron chi connectivity index (χ2n) is 5.46. The third-order valence-electron chi connectivity index (χ3n) is 3.64. The van der Waals surface area contributed by atoms with Crippen molar-refractivity contribution in [3.05, 3.63) is 56.5 Å². The van der Waals surface area contributed by atoms with Crippen molar-refractivity contribution >= 4 is 44.8 Å². The number of nitro benzene ring substituents is 1. The first-order valence-corrected chi connectivity index (χ1v) is 8.52. The number of rotatable bonds is 6. The zero-order valence-corrected chi connectivity index (χ0v) is 15.3. The summed E-state index contributed by atoms with van der Waals surface area (Å²) in [5.41, 5.74) is 3.50. The summed E-state index contributed by atoms with van der Waals surface area (Å²) in [6.07, 6.45) is 1.24. The van der Waals surface area contributed by atoms with Gasteiger partial charge >= 0.3 is 5.69 Å². The lowest BCUT2D eigenvalue weighted by Crippen LogP contribution is -2.19. The summed E-state index contributed by atoms with van der Waals surface area (Å²) >= 11 is 3.12. The number of hydrazone groups is 1. The number of fused-ring (bicyclic) bond motifs is 1. The summed E-state index contributed by atoms with van der Waals surface area (Å²) < 4.78 is 2.01. The molecule has 2 aromatic carbocycles. The van der Waals surface area contributed by atoms with Crippen LogP contribution >= 0.6 is 15.9 Å². The maximum atomic E-state index is 11.9. The van der Waals surface area contributed by atoms with Gasteiger partial charge in [0.2, 0.25) is 11.7 Å². The van der Waals surface area contributed by atoms with Crippen LogP contribution in [-0.2, 0) is 11.3 Å². The van der Waals surface area contributed by atoms with E-state index < -0.39 is 16.4 Å². The van der Waals surface area contributed by atoms with Gasteiger partial charge in [0, 0.05) is 22.5 Å². The molecule has 2 N–H and O–H groups in total. The Labute approximate surface area is 160 Å². The van der Waals surface area contributed by atoms with Crippen LogP contribution in [-0.4, -0.2) is 37.1 Å². The van der Waals surface area contributed by atoms with E-state index in [1.54, 1.807) is 4.68 Å². The van der Waals surface area contributed by atoms with Crippen LogP contribution in [0.3, 0.4) is 0 Å². The van der Waals surface area contributed by atoms with Crippen molar-refractivity contribution in [2.24, 2.45) is 5.10 Å². The van der Waals surface area contributed by atoms with Crippen LogP contribution in [0.5, 0.6) is 5.75 Å². The molecule has 0 radical (unpaired) electrons. The highest BCUT2D eigenvalue weighted by molar-refractivity contribution is 9.10. The molecule has 3 aromatic rings. The lowest BCUT2D eigenvalue weighted by molar-refractivity contribution is -0.385. The number of carbonyl (C=O) groups excluding carboxylic acids is 1. The summed E-state index contributed by atoms with van der Waals surface area (Å²) in [5, 5.41) is 32.5. The molecule has 1 heterocycles. The molecule has 0 aliphatic heterocycles. The predicted molar refractivity (Wildman–Crippen MR) is 100 cm³/mol. The Bertz CT molecular complexity index is 1050. The monoisotopic (exact) mass is 432 g/mol. The van der Waals surface area contributed by atoms with Gasteiger partial charge in [-0.1, -0.05) is 33.3 Å². The Morgan fingerprint density at radius 2 is 2.19 bits per heavy atom. The van der Waals surface area contributed by atoms with Gasteiger partial charge in [-0.2, -0.15) is 5.10 Å². The molecule has 0 unspecified atom stereocenters. The summed E-state index contributed by atoms with van der Waals surface area (Å²) in [7, 11) is 0. The second kappa shape index (κ2) is 7.91. The number of hydrogen-bond acceptors (Lipinski definition) is 7. The van der Waals surface area contributed by atoms with Gasteiger partial charge in [-0.25, -0.2) is 10.1 Å². The fraction of sp³-hybridized carbons (Fsp3) is 0.125. The van der Waals surface area contributed by atoms with Crippen LogP contribution in [0.4, 0.5) is 5.69 Å². The number of benzene rings is 2. The van der Waals surface area contributed by atoms with Crippen molar-refractivity contribution in [2.75, 3.05) is 0 Å². The predicted octanol–water partition coefficient (Wildman–Crippen LogP) is 2.35. The molecule has 0 fully saturated rings. The zero-order valence-electron chi connectivity index (χ0n) is 13.7. The van der Waals surface area contributed by atoms with Crippen LogP contribution < -0.4 is 5.43 Å². The molecule has 0 saturated heterocycles. The molecule has 3 rings (SSSR count). The van der Waals surface area contributed by atoms with E-state index in [2.05, 4.69) is 36.8 Å². The molecular formula is C16H13BrN6O4. The van der Waals surface area contributed by atoms with Crippen LogP contribution in [0, 0.1) is 10.1 Å². The van der Waals surface area contributed by atoms with Crippen LogP contribution in [0.2, 0.25) is 0 Å². The lowest BCUT2D eigenvalue weighted by atomic mass is 10.2. The summed E-state index contributed by atoms with van der Waals surface area (Å²) in [6.45, 7) is 0.315. The highest BCUT2D eigenvalue weighted by Crippen LogP contribution is 2.32. The fourth-order valence-corrected chi connectivity index (χ4v) is 2.83. The summed E-state index contributed by atoms with van der Waals surface area (Å²) in [5.74, 6) is -0.912. The van der Waals surface area contributed by atoms with Gasteiger partial charge in [-0.15, -0.1) is 5.10 Å². The summed E-state index contributed by atoms with van der Waals surface area (Å²) in [6, 6.07) is 10.0. The Morgan fingerprint density at radius 1 is 1.41 bits per heavy atom. The standard InChI is InChI=1S/C16H13BrN6O4/c17-11-7-10(16(25)14(8-11)23(26)27)9-18-20-15(24)5-6-22-13-4-2-1-3-12(13)19-21-22/h1-4,7-9,25H,5-6H2,(H,20,24). The summed E-state index contributed by atoms with van der Waals surface area (Å²) in [4.78, 5) is 22.1. The number of para-hydroxylation sites is 1. The van der Waals surface area contributed by atoms with Gasteiger partial charge in [0.15, 0.2) is 0 Å². The van der Waals surface area contributed by atoms with Crippen molar-refractivity contribution in [3.8, 4) is 5.75 Å². The molecule has 0 aliphatic carbocycles. The number of aromatic nitrogens is 3. The molecule has 138 valence electrons. The van der Waals surface area contributed by atoms with E-state index in [4.69, 9.17) is 0 Å². The highest BCUT2D eigenvalue weighted by atomic mass is 79.9. The third kappa shape index (κ3) is 4.26. The minimum Gasteiger partial charge on any atom is -0.502 e. The first-order valence-electron chi connectivity index (χ1n) is 7.72. The molecule has 10 nitrogen and oxygen atoms in total. The average molecular weight is 433 g/mol. The third-order valence-corrected chi connectivity index (χ3v) is 4.10. The van der Waals surface area contributed by atoms with Gasteiger partial charge in [0.1, 0.15) is 5.52 Å². The minimum absolute atomic E-state index is 0.0960. The number of phenolic OH excluding ortho intramolecular Hbond substituents is 1. The molecule has 27 heavy (non-hydrogen) atoms. The zero-order chi connectivity index (χ0) is 19.4. The van der Waals surface area contributed by atoms with Gasteiger partial charge in [0.05, 0.1) is 23.2 Å². The number of hydrogen-bond donors (Lipinski definition) is 2. The van der Waals surface area contributed by atoms with E-state index in [-0.39, 0.29) is 17.9 Å².